The van der Waals surface area contributed by atoms with E-state index in [-0.39, 0.29) is 30.3 Å². The van der Waals surface area contributed by atoms with Crippen LogP contribution in [-0.4, -0.2) is 49.3 Å². The predicted molar refractivity (Wildman–Crippen MR) is 34.4 cm³/mol. The van der Waals surface area contributed by atoms with Crippen molar-refractivity contribution in [3.63, 3.8) is 0 Å². The number of hydrogen-bond acceptors (Lipinski definition) is 4. The van der Waals surface area contributed by atoms with Gasteiger partial charge in [0.1, 0.15) is 6.10 Å². The molecule has 0 unspecified atom stereocenters. The Bertz CT molecular complexity index is 112. The molecule has 0 aliphatic carbocycles. The Hall–Kier alpha value is 0.509. The maximum absolute atomic E-state index is 8.88. The van der Waals surface area contributed by atoms with Gasteiger partial charge in [-0.25, -0.2) is 4.57 Å². The van der Waals surface area contributed by atoms with Crippen LogP contribution in [0.15, 0.2) is 0 Å². The molecule has 0 saturated heterocycles. The van der Waals surface area contributed by atoms with E-state index in [1.807, 2.05) is 0 Å². The first-order valence-corrected chi connectivity index (χ1v) is 4.05. The molecule has 0 amide bonds. The Morgan fingerprint density at radius 3 is 1.25 bits per heavy atom. The summed E-state index contributed by atoms with van der Waals surface area (Å²) in [5.41, 5.74) is 0. The van der Waals surface area contributed by atoms with Gasteiger partial charge in [0.15, 0.2) is 0 Å². The molecule has 0 fully saturated rings. The van der Waals surface area contributed by atoms with Crippen LogP contribution >= 0.6 is 7.82 Å². The Balaban J connectivity index is -0.000000126. The van der Waals surface area contributed by atoms with Crippen LogP contribution < -0.4 is 0 Å². The molecule has 9 heteroatoms. The summed E-state index contributed by atoms with van der Waals surface area (Å²) in [5.74, 6) is 0. The third-order valence-electron chi connectivity index (χ3n) is 0.421. The van der Waals surface area contributed by atoms with Crippen LogP contribution in [0.4, 0.5) is 0 Å². The molecule has 0 bridgehead atoms. The van der Waals surface area contributed by atoms with Gasteiger partial charge < -0.3 is 30.0 Å². The second kappa shape index (κ2) is 9.60. The first-order valence-electron chi connectivity index (χ1n) is 2.49. The van der Waals surface area contributed by atoms with Gasteiger partial charge in [-0.2, -0.15) is 0 Å². The predicted octanol–water partition coefficient (Wildman–Crippen LogP) is -2.60. The monoisotopic (exact) mass is 246 g/mol. The van der Waals surface area contributed by atoms with Gasteiger partial charge in [0.2, 0.25) is 0 Å². The van der Waals surface area contributed by atoms with Crippen molar-refractivity contribution in [1.29, 1.82) is 0 Å². The third kappa shape index (κ3) is 46.7. The number of aliphatic hydroxyl groups is 3. The van der Waals surface area contributed by atoms with Gasteiger partial charge in [0.25, 0.3) is 0 Å². The average Bonchev–Trinajstić information content (AvgIpc) is 1.83. The van der Waals surface area contributed by atoms with E-state index in [9.17, 15) is 0 Å². The SMILES string of the molecule is O=P(O)(O)O.OCC(O)CO.[Fe]. The summed E-state index contributed by atoms with van der Waals surface area (Å²) in [7, 11) is -4.64. The van der Waals surface area contributed by atoms with Crippen LogP contribution in [0.1, 0.15) is 0 Å². The fourth-order valence-electron chi connectivity index (χ4n) is 0.0577. The quantitative estimate of drug-likeness (QED) is 0.232. The summed E-state index contributed by atoms with van der Waals surface area (Å²) in [4.78, 5) is 21.6. The molecular weight excluding hydrogens is 235 g/mol. The van der Waals surface area contributed by atoms with Gasteiger partial charge in [0, 0.05) is 17.1 Å². The number of rotatable bonds is 2. The summed E-state index contributed by atoms with van der Waals surface area (Å²) in [6.45, 7) is -0.729. The summed E-state index contributed by atoms with van der Waals surface area (Å²) in [6.07, 6.45) is -0.954. The summed E-state index contributed by atoms with van der Waals surface area (Å²) < 4.78 is 8.88. The van der Waals surface area contributed by atoms with Crippen LogP contribution in [-0.2, 0) is 21.6 Å². The second-order valence-corrected chi connectivity index (χ2v) is 2.56. The minimum Gasteiger partial charge on any atom is -0.394 e. The Labute approximate surface area is 79.4 Å². The number of hydrogen-bond donors (Lipinski definition) is 6. The molecule has 0 aromatic heterocycles. The van der Waals surface area contributed by atoms with E-state index in [2.05, 4.69) is 0 Å². The molecule has 0 radical (unpaired) electrons. The number of aliphatic hydroxyl groups excluding tert-OH is 3. The largest absolute Gasteiger partial charge is 0.466 e. The summed E-state index contributed by atoms with van der Waals surface area (Å²) in [6, 6.07) is 0. The van der Waals surface area contributed by atoms with Crippen molar-refractivity contribution in [2.24, 2.45) is 0 Å². The maximum atomic E-state index is 8.88. The molecule has 0 heterocycles. The van der Waals surface area contributed by atoms with E-state index in [1.165, 1.54) is 0 Å². The van der Waals surface area contributed by atoms with Crippen molar-refractivity contribution < 1.29 is 51.6 Å². The molecule has 0 saturated carbocycles. The fourth-order valence-corrected chi connectivity index (χ4v) is 0.0577. The van der Waals surface area contributed by atoms with Crippen LogP contribution in [0, 0.1) is 0 Å². The zero-order chi connectivity index (χ0) is 9.49. The smallest absolute Gasteiger partial charge is 0.394 e. The van der Waals surface area contributed by atoms with Crippen molar-refractivity contribution in [3.8, 4) is 0 Å². The minimum absolute atomic E-state index is 0. The topological polar surface area (TPSA) is 138 Å². The summed E-state index contributed by atoms with van der Waals surface area (Å²) >= 11 is 0. The first kappa shape index (κ1) is 18.3. The molecule has 0 aromatic rings. The van der Waals surface area contributed by atoms with Crippen LogP contribution in [0.2, 0.25) is 0 Å². The normalized spacial score (nSPS) is 9.92. The molecule has 78 valence electrons. The van der Waals surface area contributed by atoms with E-state index in [0.717, 1.165) is 0 Å². The van der Waals surface area contributed by atoms with E-state index in [1.54, 1.807) is 0 Å². The molecule has 12 heavy (non-hydrogen) atoms. The first-order chi connectivity index (χ1) is 4.81. The van der Waals surface area contributed by atoms with Gasteiger partial charge >= 0.3 is 7.82 Å². The van der Waals surface area contributed by atoms with Gasteiger partial charge in [0.05, 0.1) is 13.2 Å². The van der Waals surface area contributed by atoms with Gasteiger partial charge in [-0.1, -0.05) is 0 Å². The molecule has 6 N–H and O–H groups in total. The standard InChI is InChI=1S/C3H8O3.Fe.H3O4P/c4-1-3(6)2-5;;1-5(2,3)4/h3-6H,1-2H2;;(H3,1,2,3,4). The van der Waals surface area contributed by atoms with Crippen LogP contribution in [0.3, 0.4) is 0 Å². The van der Waals surface area contributed by atoms with Crippen LogP contribution in [0.25, 0.3) is 0 Å². The van der Waals surface area contributed by atoms with Gasteiger partial charge in [-0.15, -0.1) is 0 Å². The molecule has 0 rings (SSSR count). The molecule has 0 aliphatic rings. The van der Waals surface area contributed by atoms with Crippen molar-refractivity contribution >= 4 is 7.82 Å². The third-order valence-corrected chi connectivity index (χ3v) is 0.421. The fraction of sp³-hybridized carbons (Fsp3) is 1.00. The Kier molecular flexibility index (Phi) is 14.7. The van der Waals surface area contributed by atoms with E-state index in [0.29, 0.717) is 0 Å². The molecule has 0 spiro atoms. The van der Waals surface area contributed by atoms with E-state index >= 15 is 0 Å². The Morgan fingerprint density at radius 2 is 1.25 bits per heavy atom. The second-order valence-electron chi connectivity index (χ2n) is 1.53. The Morgan fingerprint density at radius 1 is 1.08 bits per heavy atom. The maximum Gasteiger partial charge on any atom is 0.466 e. The van der Waals surface area contributed by atoms with Crippen molar-refractivity contribution in [2.75, 3.05) is 13.2 Å². The van der Waals surface area contributed by atoms with Crippen molar-refractivity contribution in [1.82, 2.24) is 0 Å². The van der Waals surface area contributed by atoms with Gasteiger partial charge in [-0.3, -0.25) is 0 Å². The molecule has 0 aliphatic heterocycles. The summed E-state index contributed by atoms with van der Waals surface area (Å²) in [5, 5.41) is 24.0. The molecular formula is C3H11FeO7P. The van der Waals surface area contributed by atoms with E-state index < -0.39 is 13.9 Å². The molecule has 0 atom stereocenters. The van der Waals surface area contributed by atoms with Crippen LogP contribution in [0.5, 0.6) is 0 Å². The number of phosphoric acid groups is 1. The average molecular weight is 246 g/mol. The van der Waals surface area contributed by atoms with E-state index in [4.69, 9.17) is 34.6 Å². The zero-order valence-electron chi connectivity index (χ0n) is 5.88. The zero-order valence-corrected chi connectivity index (χ0v) is 7.88. The molecule has 0 aromatic carbocycles. The van der Waals surface area contributed by atoms with Crippen molar-refractivity contribution in [2.45, 2.75) is 6.10 Å². The van der Waals surface area contributed by atoms with Gasteiger partial charge in [-0.05, 0) is 0 Å². The molecule has 7 nitrogen and oxygen atoms in total. The van der Waals surface area contributed by atoms with Crippen molar-refractivity contribution in [3.05, 3.63) is 0 Å². The minimum atomic E-state index is -4.64.